The molecule has 0 aliphatic carbocycles. The third-order valence-electron chi connectivity index (χ3n) is 5.79. The van der Waals surface area contributed by atoms with Gasteiger partial charge in [0.1, 0.15) is 11.3 Å². The number of hydrogen-bond acceptors (Lipinski definition) is 8. The van der Waals surface area contributed by atoms with Crippen molar-refractivity contribution in [2.24, 2.45) is 0 Å². The lowest BCUT2D eigenvalue weighted by atomic mass is 10.2. The molecule has 1 unspecified atom stereocenters. The molecule has 5 heterocycles. The van der Waals surface area contributed by atoms with E-state index in [1.54, 1.807) is 0 Å². The average Bonchev–Trinajstić information content (AvgIpc) is 3.40. The summed E-state index contributed by atoms with van der Waals surface area (Å²) in [6.07, 6.45) is 6.64. The van der Waals surface area contributed by atoms with Crippen molar-refractivity contribution in [1.29, 1.82) is 0 Å². The Morgan fingerprint density at radius 3 is 2.83 bits per heavy atom. The highest BCUT2D eigenvalue weighted by molar-refractivity contribution is 5.69. The molecule has 9 heteroatoms. The molecule has 0 amide bonds. The molecule has 0 aromatic carbocycles. The maximum Gasteiger partial charge on any atom is 0.227 e. The summed E-state index contributed by atoms with van der Waals surface area (Å²) in [7, 11) is 2.12. The number of nitrogens with zero attached hydrogens (tertiary/aromatic N) is 8. The average molecular weight is 394 g/mol. The van der Waals surface area contributed by atoms with Crippen LogP contribution >= 0.6 is 0 Å². The van der Waals surface area contributed by atoms with Crippen LogP contribution in [0.4, 0.5) is 17.6 Å². The van der Waals surface area contributed by atoms with Crippen LogP contribution in [0.25, 0.3) is 5.52 Å². The van der Waals surface area contributed by atoms with Gasteiger partial charge in [0.2, 0.25) is 5.95 Å². The van der Waals surface area contributed by atoms with Gasteiger partial charge in [-0.1, -0.05) is 0 Å². The molecule has 29 heavy (non-hydrogen) atoms. The van der Waals surface area contributed by atoms with Gasteiger partial charge in [0.05, 0.1) is 18.9 Å². The second-order valence-corrected chi connectivity index (χ2v) is 7.68. The van der Waals surface area contributed by atoms with Gasteiger partial charge in [0, 0.05) is 57.9 Å². The van der Waals surface area contributed by atoms with Crippen molar-refractivity contribution >= 4 is 23.1 Å². The fourth-order valence-corrected chi connectivity index (χ4v) is 4.16. The van der Waals surface area contributed by atoms with Crippen LogP contribution in [0.2, 0.25) is 0 Å². The highest BCUT2D eigenvalue weighted by atomic mass is 16.5. The number of aryl methyl sites for hydroxylation is 1. The minimum Gasteiger partial charge on any atom is -0.378 e. The molecule has 3 aromatic rings. The second kappa shape index (κ2) is 7.47. The Morgan fingerprint density at radius 1 is 1.10 bits per heavy atom. The van der Waals surface area contributed by atoms with E-state index in [1.165, 1.54) is 0 Å². The van der Waals surface area contributed by atoms with Gasteiger partial charge in [-0.15, -0.1) is 0 Å². The second-order valence-electron chi connectivity index (χ2n) is 7.68. The van der Waals surface area contributed by atoms with Crippen molar-refractivity contribution in [2.75, 3.05) is 61.1 Å². The molecule has 2 saturated heterocycles. The number of rotatable bonds is 4. The topological polar surface area (TPSA) is 74.9 Å². The van der Waals surface area contributed by atoms with Gasteiger partial charge in [-0.05, 0) is 25.5 Å². The number of morpholine rings is 1. The zero-order valence-electron chi connectivity index (χ0n) is 16.9. The monoisotopic (exact) mass is 394 g/mol. The van der Waals surface area contributed by atoms with Crippen LogP contribution in [0.15, 0.2) is 30.7 Å². The standard InChI is InChI=1S/C20H26N8O/c1-15-13-17-19(21-6-8-28(17)24-15)27-7-4-16(14-27)25(2)18-3-5-22-20(23-18)26-9-11-29-12-10-26/h3,5-6,8,13,16H,4,7,9-12,14H2,1-2H3. The summed E-state index contributed by atoms with van der Waals surface area (Å²) in [5.74, 6) is 2.74. The molecule has 2 aliphatic heterocycles. The molecule has 0 spiro atoms. The Balaban J connectivity index is 1.33. The Hall–Kier alpha value is -2.94. The summed E-state index contributed by atoms with van der Waals surface area (Å²) in [6.45, 7) is 7.02. The predicted molar refractivity (Wildman–Crippen MR) is 112 cm³/mol. The number of aromatic nitrogens is 5. The third kappa shape index (κ3) is 3.46. The van der Waals surface area contributed by atoms with Crippen molar-refractivity contribution < 1.29 is 4.74 Å². The molecule has 9 nitrogen and oxygen atoms in total. The van der Waals surface area contributed by atoms with Gasteiger partial charge in [-0.25, -0.2) is 14.5 Å². The Morgan fingerprint density at radius 2 is 1.97 bits per heavy atom. The summed E-state index contributed by atoms with van der Waals surface area (Å²) >= 11 is 0. The van der Waals surface area contributed by atoms with Crippen LogP contribution in [-0.4, -0.2) is 77.0 Å². The Kier molecular flexibility index (Phi) is 4.67. The van der Waals surface area contributed by atoms with Crippen LogP contribution in [0.1, 0.15) is 12.1 Å². The number of fused-ring (bicyclic) bond motifs is 1. The summed E-state index contributed by atoms with van der Waals surface area (Å²) in [5, 5.41) is 4.51. The zero-order valence-corrected chi connectivity index (χ0v) is 16.9. The first-order valence-corrected chi connectivity index (χ1v) is 10.1. The molecule has 0 bridgehead atoms. The van der Waals surface area contributed by atoms with E-state index >= 15 is 0 Å². The molecule has 2 aliphatic rings. The van der Waals surface area contributed by atoms with Crippen molar-refractivity contribution in [3.63, 3.8) is 0 Å². The van der Waals surface area contributed by atoms with Crippen molar-refractivity contribution in [2.45, 2.75) is 19.4 Å². The SMILES string of the molecule is Cc1cc2c(N3CCC(N(C)c4ccnc(N5CCOCC5)n4)C3)nccn2n1. The lowest BCUT2D eigenvalue weighted by molar-refractivity contribution is 0.122. The lowest BCUT2D eigenvalue weighted by Gasteiger charge is -2.29. The molecule has 3 aromatic heterocycles. The van der Waals surface area contributed by atoms with E-state index in [0.717, 1.165) is 74.6 Å². The van der Waals surface area contributed by atoms with Crippen LogP contribution in [0, 0.1) is 6.92 Å². The largest absolute Gasteiger partial charge is 0.378 e. The fraction of sp³-hybridized carbons (Fsp3) is 0.500. The van der Waals surface area contributed by atoms with Crippen LogP contribution in [0.3, 0.4) is 0 Å². The zero-order chi connectivity index (χ0) is 19.8. The van der Waals surface area contributed by atoms with Gasteiger partial charge in [-0.3, -0.25) is 0 Å². The van der Waals surface area contributed by atoms with E-state index in [-0.39, 0.29) is 0 Å². The minimum atomic E-state index is 0.369. The maximum absolute atomic E-state index is 5.44. The van der Waals surface area contributed by atoms with E-state index in [4.69, 9.17) is 9.72 Å². The first kappa shape index (κ1) is 18.1. The van der Waals surface area contributed by atoms with Crippen molar-refractivity contribution in [1.82, 2.24) is 24.6 Å². The summed E-state index contributed by atoms with van der Waals surface area (Å²) < 4.78 is 7.35. The van der Waals surface area contributed by atoms with E-state index < -0.39 is 0 Å². The molecule has 0 saturated carbocycles. The third-order valence-corrected chi connectivity index (χ3v) is 5.79. The highest BCUT2D eigenvalue weighted by Gasteiger charge is 2.29. The normalized spacial score (nSPS) is 19.9. The Labute approximate surface area is 169 Å². The van der Waals surface area contributed by atoms with Crippen LogP contribution < -0.4 is 14.7 Å². The number of anilines is 3. The molecule has 2 fully saturated rings. The van der Waals surface area contributed by atoms with Crippen LogP contribution in [-0.2, 0) is 4.74 Å². The summed E-state index contributed by atoms with van der Waals surface area (Å²) in [5.41, 5.74) is 2.06. The smallest absolute Gasteiger partial charge is 0.227 e. The number of ether oxygens (including phenoxy) is 1. The quantitative estimate of drug-likeness (QED) is 0.657. The number of likely N-dealkylation sites (N-methyl/N-ethyl adjacent to an activating group) is 1. The molecule has 5 rings (SSSR count). The maximum atomic E-state index is 5.44. The molecule has 152 valence electrons. The minimum absolute atomic E-state index is 0.369. The lowest BCUT2D eigenvalue weighted by Crippen LogP contribution is -2.38. The Bertz CT molecular complexity index is 999. The van der Waals surface area contributed by atoms with Gasteiger partial charge < -0.3 is 19.4 Å². The molecular formula is C20H26N8O. The predicted octanol–water partition coefficient (Wildman–Crippen LogP) is 1.38. The van der Waals surface area contributed by atoms with Crippen LogP contribution in [0.5, 0.6) is 0 Å². The molecule has 1 atom stereocenters. The van der Waals surface area contributed by atoms with Gasteiger partial charge >= 0.3 is 0 Å². The highest BCUT2D eigenvalue weighted by Crippen LogP contribution is 2.27. The van der Waals surface area contributed by atoms with E-state index in [1.807, 2.05) is 36.1 Å². The van der Waals surface area contributed by atoms with E-state index in [2.05, 4.69) is 42.9 Å². The fourth-order valence-electron chi connectivity index (χ4n) is 4.16. The molecule has 0 N–H and O–H groups in total. The number of hydrogen-bond donors (Lipinski definition) is 0. The van der Waals surface area contributed by atoms with Gasteiger partial charge in [0.15, 0.2) is 5.82 Å². The summed E-state index contributed by atoms with van der Waals surface area (Å²) in [6, 6.07) is 4.46. The first-order chi connectivity index (χ1) is 14.2. The van der Waals surface area contributed by atoms with Crippen molar-refractivity contribution in [3.8, 4) is 0 Å². The summed E-state index contributed by atoms with van der Waals surface area (Å²) in [4.78, 5) is 20.8. The molecule has 0 radical (unpaired) electrons. The van der Waals surface area contributed by atoms with Gasteiger partial charge in [-0.2, -0.15) is 10.1 Å². The van der Waals surface area contributed by atoms with Gasteiger partial charge in [0.25, 0.3) is 0 Å². The molecular weight excluding hydrogens is 368 g/mol. The van der Waals surface area contributed by atoms with E-state index in [9.17, 15) is 0 Å². The van der Waals surface area contributed by atoms with Crippen molar-refractivity contribution in [3.05, 3.63) is 36.4 Å². The van der Waals surface area contributed by atoms with E-state index in [0.29, 0.717) is 6.04 Å². The first-order valence-electron chi connectivity index (χ1n) is 10.1.